The quantitative estimate of drug-likeness (QED) is 0.630. The standard InChI is InChI=1S/C4H5NO3S.ClH/c6-9(7,8)4-1-2-5-3-4;/h1-3,5H,(H,6,7,8);1H. The van der Waals surface area contributed by atoms with Gasteiger partial charge in [0.1, 0.15) is 4.90 Å². The van der Waals surface area contributed by atoms with E-state index in [0.29, 0.717) is 0 Å². The number of hydrogen-bond donors (Lipinski definition) is 2. The molecule has 0 unspecified atom stereocenters. The number of aromatic nitrogens is 1. The van der Waals surface area contributed by atoms with Crippen LogP contribution in [0.25, 0.3) is 0 Å². The molecular formula is C4H6ClNO3S. The predicted octanol–water partition coefficient (Wildman–Crippen LogP) is 0.683. The van der Waals surface area contributed by atoms with E-state index >= 15 is 0 Å². The number of H-pyrrole nitrogens is 1. The average Bonchev–Trinajstić information content (AvgIpc) is 2.08. The average molecular weight is 184 g/mol. The first-order chi connectivity index (χ1) is 4.11. The Kier molecular flexibility index (Phi) is 2.89. The van der Waals surface area contributed by atoms with Gasteiger partial charge in [0.15, 0.2) is 0 Å². The first-order valence-electron chi connectivity index (χ1n) is 2.21. The van der Waals surface area contributed by atoms with E-state index in [4.69, 9.17) is 4.55 Å². The van der Waals surface area contributed by atoms with Gasteiger partial charge in [-0.3, -0.25) is 4.55 Å². The Labute approximate surface area is 64.4 Å². The van der Waals surface area contributed by atoms with Gasteiger partial charge in [0, 0.05) is 12.4 Å². The highest BCUT2D eigenvalue weighted by atomic mass is 35.5. The SMILES string of the molecule is Cl.O=S(=O)(O)c1cc[nH]c1. The summed E-state index contributed by atoms with van der Waals surface area (Å²) < 4.78 is 28.8. The topological polar surface area (TPSA) is 70.2 Å². The van der Waals surface area contributed by atoms with Gasteiger partial charge in [-0.2, -0.15) is 8.42 Å². The van der Waals surface area contributed by atoms with Crippen molar-refractivity contribution in [2.45, 2.75) is 4.90 Å². The molecule has 1 rings (SSSR count). The van der Waals surface area contributed by atoms with E-state index in [1.807, 2.05) is 0 Å². The van der Waals surface area contributed by atoms with Crippen LogP contribution in [0.5, 0.6) is 0 Å². The first kappa shape index (κ1) is 9.48. The Balaban J connectivity index is 0.000000810. The highest BCUT2D eigenvalue weighted by Crippen LogP contribution is 2.03. The van der Waals surface area contributed by atoms with Gasteiger partial charge in [0.25, 0.3) is 10.1 Å². The molecule has 0 saturated carbocycles. The van der Waals surface area contributed by atoms with Crippen LogP contribution in [0.2, 0.25) is 0 Å². The zero-order valence-corrected chi connectivity index (χ0v) is 6.45. The van der Waals surface area contributed by atoms with Crippen molar-refractivity contribution >= 4 is 22.5 Å². The Morgan fingerprint density at radius 1 is 1.50 bits per heavy atom. The molecule has 10 heavy (non-hydrogen) atoms. The van der Waals surface area contributed by atoms with Gasteiger partial charge in [0.05, 0.1) is 0 Å². The fraction of sp³-hybridized carbons (Fsp3) is 0. The molecule has 0 spiro atoms. The Hall–Kier alpha value is -0.520. The van der Waals surface area contributed by atoms with E-state index in [1.165, 1.54) is 18.5 Å². The maximum absolute atomic E-state index is 10.2. The lowest BCUT2D eigenvalue weighted by atomic mass is 10.7. The largest absolute Gasteiger partial charge is 0.366 e. The van der Waals surface area contributed by atoms with Gasteiger partial charge in [-0.05, 0) is 6.07 Å². The number of halogens is 1. The Morgan fingerprint density at radius 3 is 2.30 bits per heavy atom. The second-order valence-electron chi connectivity index (χ2n) is 1.52. The minimum absolute atomic E-state index is 0. The lowest BCUT2D eigenvalue weighted by Gasteiger charge is -1.85. The molecule has 0 saturated heterocycles. The second kappa shape index (κ2) is 3.05. The lowest BCUT2D eigenvalue weighted by Crippen LogP contribution is -1.94. The van der Waals surface area contributed by atoms with E-state index in [1.54, 1.807) is 0 Å². The van der Waals surface area contributed by atoms with Gasteiger partial charge in [-0.15, -0.1) is 12.4 Å². The van der Waals surface area contributed by atoms with Crippen molar-refractivity contribution in [2.24, 2.45) is 0 Å². The molecule has 0 radical (unpaired) electrons. The van der Waals surface area contributed by atoms with E-state index < -0.39 is 10.1 Å². The maximum atomic E-state index is 10.2. The summed E-state index contributed by atoms with van der Waals surface area (Å²) in [7, 11) is -3.99. The van der Waals surface area contributed by atoms with Gasteiger partial charge >= 0.3 is 0 Å². The molecule has 1 aromatic heterocycles. The summed E-state index contributed by atoms with van der Waals surface area (Å²) in [6.45, 7) is 0. The van der Waals surface area contributed by atoms with Crippen molar-refractivity contribution in [3.05, 3.63) is 18.5 Å². The van der Waals surface area contributed by atoms with Crippen LogP contribution in [0.4, 0.5) is 0 Å². The summed E-state index contributed by atoms with van der Waals surface area (Å²) in [6.07, 6.45) is 2.62. The molecule has 6 heteroatoms. The summed E-state index contributed by atoms with van der Waals surface area (Å²) in [5, 5.41) is 0. The maximum Gasteiger partial charge on any atom is 0.296 e. The summed E-state index contributed by atoms with van der Waals surface area (Å²) in [6, 6.07) is 1.27. The van der Waals surface area contributed by atoms with Crippen LogP contribution < -0.4 is 0 Å². The minimum Gasteiger partial charge on any atom is -0.366 e. The second-order valence-corrected chi connectivity index (χ2v) is 2.94. The molecule has 0 aliphatic rings. The molecule has 1 aromatic rings. The Bertz CT molecular complexity index is 277. The molecule has 4 nitrogen and oxygen atoms in total. The molecule has 0 aromatic carbocycles. The smallest absolute Gasteiger partial charge is 0.296 e. The zero-order chi connectivity index (χ0) is 6.91. The van der Waals surface area contributed by atoms with Crippen LogP contribution in [-0.2, 0) is 10.1 Å². The molecule has 0 aliphatic carbocycles. The van der Waals surface area contributed by atoms with Crippen molar-refractivity contribution in [3.8, 4) is 0 Å². The number of nitrogens with one attached hydrogen (secondary N) is 1. The predicted molar refractivity (Wildman–Crippen MR) is 37.9 cm³/mol. The molecule has 0 bridgehead atoms. The third-order valence-electron chi connectivity index (χ3n) is 0.867. The van der Waals surface area contributed by atoms with Crippen molar-refractivity contribution in [1.82, 2.24) is 4.98 Å². The van der Waals surface area contributed by atoms with Crippen LogP contribution in [0.3, 0.4) is 0 Å². The van der Waals surface area contributed by atoms with Gasteiger partial charge in [-0.25, -0.2) is 0 Å². The van der Waals surface area contributed by atoms with Gasteiger partial charge in [0.2, 0.25) is 0 Å². The molecule has 0 atom stereocenters. The molecule has 0 amide bonds. The number of hydrogen-bond acceptors (Lipinski definition) is 2. The molecule has 58 valence electrons. The summed E-state index contributed by atoms with van der Waals surface area (Å²) in [5.41, 5.74) is 0. The lowest BCUT2D eigenvalue weighted by molar-refractivity contribution is 0.483. The van der Waals surface area contributed by atoms with E-state index in [0.717, 1.165) is 0 Å². The van der Waals surface area contributed by atoms with Crippen LogP contribution in [0.15, 0.2) is 23.4 Å². The van der Waals surface area contributed by atoms with Crippen LogP contribution in [0, 0.1) is 0 Å². The van der Waals surface area contributed by atoms with Gasteiger partial charge < -0.3 is 4.98 Å². The van der Waals surface area contributed by atoms with Gasteiger partial charge in [-0.1, -0.05) is 0 Å². The van der Waals surface area contributed by atoms with Crippen LogP contribution in [0.1, 0.15) is 0 Å². The zero-order valence-electron chi connectivity index (χ0n) is 4.81. The molecule has 2 N–H and O–H groups in total. The Morgan fingerprint density at radius 2 is 2.10 bits per heavy atom. The molecule has 1 heterocycles. The fourth-order valence-electron chi connectivity index (χ4n) is 0.469. The normalized spacial score (nSPS) is 10.5. The number of rotatable bonds is 1. The molecule has 0 aliphatic heterocycles. The van der Waals surface area contributed by atoms with E-state index in [9.17, 15) is 8.42 Å². The minimum atomic E-state index is -3.99. The first-order valence-corrected chi connectivity index (χ1v) is 3.65. The third kappa shape index (κ3) is 2.02. The molecular weight excluding hydrogens is 178 g/mol. The van der Waals surface area contributed by atoms with Crippen molar-refractivity contribution in [2.75, 3.05) is 0 Å². The summed E-state index contributed by atoms with van der Waals surface area (Å²) in [5.74, 6) is 0. The van der Waals surface area contributed by atoms with Crippen molar-refractivity contribution in [3.63, 3.8) is 0 Å². The monoisotopic (exact) mass is 183 g/mol. The number of aromatic amines is 1. The third-order valence-corrected chi connectivity index (χ3v) is 1.72. The highest BCUT2D eigenvalue weighted by Gasteiger charge is 2.07. The molecule has 0 fully saturated rings. The van der Waals surface area contributed by atoms with E-state index in [2.05, 4.69) is 4.98 Å². The summed E-state index contributed by atoms with van der Waals surface area (Å²) in [4.78, 5) is 2.39. The van der Waals surface area contributed by atoms with Crippen LogP contribution in [-0.4, -0.2) is 18.0 Å². The fourth-order valence-corrected chi connectivity index (χ4v) is 0.926. The van der Waals surface area contributed by atoms with Crippen molar-refractivity contribution in [1.29, 1.82) is 0 Å². The highest BCUT2D eigenvalue weighted by molar-refractivity contribution is 7.85. The van der Waals surface area contributed by atoms with Crippen LogP contribution >= 0.6 is 12.4 Å². The summed E-state index contributed by atoms with van der Waals surface area (Å²) >= 11 is 0. The van der Waals surface area contributed by atoms with Crippen molar-refractivity contribution < 1.29 is 13.0 Å². The van der Waals surface area contributed by atoms with E-state index in [-0.39, 0.29) is 17.3 Å².